The van der Waals surface area contributed by atoms with Crippen molar-refractivity contribution in [2.24, 2.45) is 5.92 Å². The van der Waals surface area contributed by atoms with Crippen LogP contribution in [0, 0.1) is 5.92 Å². The molecule has 1 aliphatic rings. The van der Waals surface area contributed by atoms with E-state index in [0.717, 1.165) is 25.7 Å². The van der Waals surface area contributed by atoms with Crippen LogP contribution in [0.4, 0.5) is 0 Å². The lowest BCUT2D eigenvalue weighted by Crippen LogP contribution is -2.30. The number of hydrogen-bond donors (Lipinski definition) is 3. The Balaban J connectivity index is 2.59. The lowest BCUT2D eigenvalue weighted by molar-refractivity contribution is -0.147. The predicted molar refractivity (Wildman–Crippen MR) is 66.1 cm³/mol. The number of aliphatic hydroxyl groups excluding tert-OH is 3. The van der Waals surface area contributed by atoms with Gasteiger partial charge in [0.05, 0.1) is 6.10 Å². The average Bonchev–Trinajstić information content (AvgIpc) is 2.58. The van der Waals surface area contributed by atoms with Crippen molar-refractivity contribution in [3.05, 3.63) is 11.5 Å². The Morgan fingerprint density at radius 3 is 2.17 bits per heavy atom. The normalized spacial score (nSPS) is 21.6. The van der Waals surface area contributed by atoms with Crippen LogP contribution in [0.2, 0.25) is 0 Å². The Labute approximate surface area is 107 Å². The molecule has 0 aromatic rings. The molecule has 0 fully saturated rings. The minimum Gasteiger partial charge on any atom is -0.505 e. The molecule has 5 heteroatoms. The van der Waals surface area contributed by atoms with E-state index in [4.69, 9.17) is 4.74 Å². The Hall–Kier alpha value is -1.23. The smallest absolute Gasteiger partial charge is 0.377 e. The molecule has 0 saturated carbocycles. The highest BCUT2D eigenvalue weighted by Gasteiger charge is 2.39. The van der Waals surface area contributed by atoms with Crippen LogP contribution in [0.25, 0.3) is 0 Å². The van der Waals surface area contributed by atoms with Crippen molar-refractivity contribution in [2.45, 2.75) is 58.2 Å². The molecule has 0 aromatic carbocycles. The molecule has 1 rings (SSSR count). The lowest BCUT2D eigenvalue weighted by atomic mass is 9.90. The van der Waals surface area contributed by atoms with Crippen LogP contribution in [-0.4, -0.2) is 33.5 Å². The SMILES string of the molecule is CCCC(CCC)CC(O)C1OC(=O)C(O)=C1O. The second-order valence-electron chi connectivity index (χ2n) is 4.81. The van der Waals surface area contributed by atoms with Gasteiger partial charge in [-0.25, -0.2) is 4.79 Å². The quantitative estimate of drug-likeness (QED) is 0.609. The van der Waals surface area contributed by atoms with Gasteiger partial charge in [-0.3, -0.25) is 0 Å². The Kier molecular flexibility index (Phi) is 5.47. The van der Waals surface area contributed by atoms with Gasteiger partial charge in [0.25, 0.3) is 0 Å². The van der Waals surface area contributed by atoms with Crippen LogP contribution in [-0.2, 0) is 9.53 Å². The molecule has 0 aliphatic carbocycles. The molecule has 0 saturated heterocycles. The van der Waals surface area contributed by atoms with Crippen molar-refractivity contribution in [1.29, 1.82) is 0 Å². The van der Waals surface area contributed by atoms with Gasteiger partial charge in [0.15, 0.2) is 11.9 Å². The number of esters is 1. The number of cyclic esters (lactones) is 1. The first-order valence-corrected chi connectivity index (χ1v) is 6.52. The van der Waals surface area contributed by atoms with Crippen LogP contribution < -0.4 is 0 Å². The number of carbonyl (C=O) groups excluding carboxylic acids is 1. The summed E-state index contributed by atoms with van der Waals surface area (Å²) in [7, 11) is 0. The van der Waals surface area contributed by atoms with E-state index < -0.39 is 29.7 Å². The van der Waals surface area contributed by atoms with Gasteiger partial charge in [-0.05, 0) is 12.3 Å². The van der Waals surface area contributed by atoms with Gasteiger partial charge in [-0.15, -0.1) is 0 Å². The van der Waals surface area contributed by atoms with E-state index in [1.165, 1.54) is 0 Å². The fraction of sp³-hybridized carbons (Fsp3) is 0.769. The van der Waals surface area contributed by atoms with E-state index in [9.17, 15) is 20.1 Å². The average molecular weight is 258 g/mol. The van der Waals surface area contributed by atoms with Crippen molar-refractivity contribution in [3.63, 3.8) is 0 Å². The largest absolute Gasteiger partial charge is 0.505 e. The van der Waals surface area contributed by atoms with E-state index in [1.54, 1.807) is 0 Å². The molecule has 0 aromatic heterocycles. The molecule has 18 heavy (non-hydrogen) atoms. The summed E-state index contributed by atoms with van der Waals surface area (Å²) in [6.07, 6.45) is 2.39. The van der Waals surface area contributed by atoms with Crippen molar-refractivity contribution >= 4 is 5.97 Å². The Morgan fingerprint density at radius 2 is 1.78 bits per heavy atom. The molecule has 2 atom stereocenters. The van der Waals surface area contributed by atoms with E-state index in [1.807, 2.05) is 0 Å². The monoisotopic (exact) mass is 258 g/mol. The zero-order valence-corrected chi connectivity index (χ0v) is 10.9. The van der Waals surface area contributed by atoms with Gasteiger partial charge >= 0.3 is 5.97 Å². The van der Waals surface area contributed by atoms with Crippen LogP contribution in [0.5, 0.6) is 0 Å². The minimum absolute atomic E-state index is 0.337. The van der Waals surface area contributed by atoms with E-state index in [0.29, 0.717) is 12.3 Å². The molecule has 1 heterocycles. The van der Waals surface area contributed by atoms with Gasteiger partial charge in [-0.2, -0.15) is 0 Å². The van der Waals surface area contributed by atoms with Crippen molar-refractivity contribution in [3.8, 4) is 0 Å². The summed E-state index contributed by atoms with van der Waals surface area (Å²) < 4.78 is 4.74. The van der Waals surface area contributed by atoms with Gasteiger partial charge in [0, 0.05) is 0 Å². The standard InChI is InChI=1S/C13H22O5/c1-3-5-8(6-4-2)7-9(14)12-10(15)11(16)13(17)18-12/h8-9,12,14-16H,3-7H2,1-2H3. The molecule has 2 unspecified atom stereocenters. The molecular weight excluding hydrogens is 236 g/mol. The molecule has 1 aliphatic heterocycles. The molecule has 0 spiro atoms. The summed E-state index contributed by atoms with van der Waals surface area (Å²) in [6.45, 7) is 4.15. The number of ether oxygens (including phenoxy) is 1. The van der Waals surface area contributed by atoms with Crippen LogP contribution in [0.1, 0.15) is 46.0 Å². The molecule has 104 valence electrons. The summed E-state index contributed by atoms with van der Waals surface area (Å²) in [5, 5.41) is 28.7. The maximum absolute atomic E-state index is 11.0. The third-order valence-corrected chi connectivity index (χ3v) is 3.26. The molecule has 0 bridgehead atoms. The van der Waals surface area contributed by atoms with E-state index in [-0.39, 0.29) is 0 Å². The van der Waals surface area contributed by atoms with E-state index >= 15 is 0 Å². The zero-order chi connectivity index (χ0) is 13.7. The van der Waals surface area contributed by atoms with Crippen LogP contribution in [0.3, 0.4) is 0 Å². The second-order valence-corrected chi connectivity index (χ2v) is 4.81. The third-order valence-electron chi connectivity index (χ3n) is 3.26. The molecule has 0 radical (unpaired) electrons. The van der Waals surface area contributed by atoms with Crippen LogP contribution >= 0.6 is 0 Å². The predicted octanol–water partition coefficient (Wildman–Crippen LogP) is 2.21. The molecule has 5 nitrogen and oxygen atoms in total. The zero-order valence-electron chi connectivity index (χ0n) is 10.9. The fourth-order valence-electron chi connectivity index (χ4n) is 2.39. The molecule has 3 N–H and O–H groups in total. The topological polar surface area (TPSA) is 87.0 Å². The third kappa shape index (κ3) is 3.38. The summed E-state index contributed by atoms with van der Waals surface area (Å²) in [5.74, 6) is -1.98. The lowest BCUT2D eigenvalue weighted by Gasteiger charge is -2.22. The van der Waals surface area contributed by atoms with Crippen LogP contribution in [0.15, 0.2) is 11.5 Å². The number of rotatable bonds is 7. The second kappa shape index (κ2) is 6.64. The first-order chi connectivity index (χ1) is 8.51. The Morgan fingerprint density at radius 1 is 1.22 bits per heavy atom. The molecule has 0 amide bonds. The van der Waals surface area contributed by atoms with Crippen molar-refractivity contribution in [1.82, 2.24) is 0 Å². The first kappa shape index (κ1) is 14.8. The maximum Gasteiger partial charge on any atom is 0.377 e. The summed E-state index contributed by atoms with van der Waals surface area (Å²) in [5.41, 5.74) is 0. The highest BCUT2D eigenvalue weighted by atomic mass is 16.6. The summed E-state index contributed by atoms with van der Waals surface area (Å²) in [4.78, 5) is 11.0. The number of aliphatic hydroxyl groups is 3. The van der Waals surface area contributed by atoms with Crippen molar-refractivity contribution < 1.29 is 24.9 Å². The number of carbonyl (C=O) groups is 1. The Bertz CT molecular complexity index is 317. The first-order valence-electron chi connectivity index (χ1n) is 6.52. The van der Waals surface area contributed by atoms with Gasteiger partial charge < -0.3 is 20.1 Å². The summed E-state index contributed by atoms with van der Waals surface area (Å²) in [6, 6.07) is 0. The molecular formula is C13H22O5. The highest BCUT2D eigenvalue weighted by molar-refractivity contribution is 5.89. The summed E-state index contributed by atoms with van der Waals surface area (Å²) >= 11 is 0. The van der Waals surface area contributed by atoms with Crippen molar-refractivity contribution in [2.75, 3.05) is 0 Å². The number of hydrogen-bond acceptors (Lipinski definition) is 5. The van der Waals surface area contributed by atoms with Gasteiger partial charge in [0.1, 0.15) is 0 Å². The van der Waals surface area contributed by atoms with Gasteiger partial charge in [-0.1, -0.05) is 39.5 Å². The fourth-order valence-corrected chi connectivity index (χ4v) is 2.39. The van der Waals surface area contributed by atoms with Gasteiger partial charge in [0.2, 0.25) is 5.76 Å². The minimum atomic E-state index is -1.12. The van der Waals surface area contributed by atoms with E-state index in [2.05, 4.69) is 13.8 Å². The maximum atomic E-state index is 11.0. The highest BCUT2D eigenvalue weighted by Crippen LogP contribution is 2.27.